The van der Waals surface area contributed by atoms with E-state index in [0.29, 0.717) is 24.1 Å². The van der Waals surface area contributed by atoms with Crippen LogP contribution in [0.3, 0.4) is 0 Å². The second-order valence-corrected chi connectivity index (χ2v) is 9.33. The molecule has 1 unspecified atom stereocenters. The number of likely N-dealkylation sites (tertiary alicyclic amines) is 1. The highest BCUT2D eigenvalue weighted by Gasteiger charge is 2.25. The highest BCUT2D eigenvalue weighted by Crippen LogP contribution is 2.29. The Morgan fingerprint density at radius 2 is 1.92 bits per heavy atom. The number of nitrogens with one attached hydrogen (secondary N) is 1. The molecule has 9 heteroatoms. The van der Waals surface area contributed by atoms with E-state index in [1.54, 1.807) is 0 Å². The van der Waals surface area contributed by atoms with Crippen LogP contribution < -0.4 is 5.32 Å². The molecule has 1 aliphatic heterocycles. The minimum Gasteiger partial charge on any atom is -0.355 e. The molecule has 2 heterocycles. The lowest BCUT2D eigenvalue weighted by molar-refractivity contribution is -0.132. The number of carbonyl (C=O) groups is 2. The van der Waals surface area contributed by atoms with E-state index in [2.05, 4.69) is 22.4 Å². The lowest BCUT2D eigenvalue weighted by atomic mass is 10.0. The largest absolute Gasteiger partial charge is 0.355 e. The van der Waals surface area contributed by atoms with Gasteiger partial charge in [-0.15, -0.1) is 10.2 Å². The number of thioether (sulfide) groups is 2. The van der Waals surface area contributed by atoms with Crippen LogP contribution in [-0.4, -0.2) is 57.5 Å². The minimum atomic E-state index is 0.0159. The van der Waals surface area contributed by atoms with Crippen LogP contribution in [0.2, 0.25) is 0 Å². The first-order valence-electron chi connectivity index (χ1n) is 8.79. The number of amides is 2. The molecule has 0 spiro atoms. The number of nitrogens with zero attached hydrogens (tertiary/aromatic N) is 3. The lowest BCUT2D eigenvalue weighted by Crippen LogP contribution is -2.44. The molecule has 0 aliphatic carbocycles. The van der Waals surface area contributed by atoms with Crippen molar-refractivity contribution >= 4 is 46.7 Å². The molecule has 140 valence electrons. The number of rotatable bonds is 9. The molecule has 1 atom stereocenters. The Hall–Kier alpha value is -0.800. The van der Waals surface area contributed by atoms with Crippen LogP contribution in [0.1, 0.15) is 46.0 Å². The van der Waals surface area contributed by atoms with E-state index in [-0.39, 0.29) is 11.8 Å². The van der Waals surface area contributed by atoms with Gasteiger partial charge in [0.2, 0.25) is 11.8 Å². The summed E-state index contributed by atoms with van der Waals surface area (Å²) in [6, 6.07) is 0.393. The van der Waals surface area contributed by atoms with Gasteiger partial charge >= 0.3 is 0 Å². The van der Waals surface area contributed by atoms with Crippen LogP contribution in [-0.2, 0) is 9.59 Å². The predicted octanol–water partition coefficient (Wildman–Crippen LogP) is 3.04. The third-order valence-electron chi connectivity index (χ3n) is 4.02. The molecule has 1 saturated heterocycles. The Balaban J connectivity index is 1.75. The van der Waals surface area contributed by atoms with E-state index in [4.69, 9.17) is 0 Å². The maximum absolute atomic E-state index is 12.5. The zero-order chi connectivity index (χ0) is 18.1. The standard InChI is InChI=1S/C16H26N4O2S3/c1-3-8-17-13(21)10-23-15-18-19-16(25-15)24-11-14(22)20-9-6-5-7-12(20)4-2/h12H,3-11H2,1-2H3,(H,17,21). The van der Waals surface area contributed by atoms with Gasteiger partial charge in [0.25, 0.3) is 0 Å². The van der Waals surface area contributed by atoms with Crippen molar-refractivity contribution in [2.45, 2.75) is 60.7 Å². The normalized spacial score (nSPS) is 17.5. The lowest BCUT2D eigenvalue weighted by Gasteiger charge is -2.35. The summed E-state index contributed by atoms with van der Waals surface area (Å²) in [6.07, 6.45) is 5.40. The van der Waals surface area contributed by atoms with Gasteiger partial charge in [0.05, 0.1) is 11.5 Å². The second-order valence-electron chi connectivity index (χ2n) is 5.91. The maximum Gasteiger partial charge on any atom is 0.233 e. The molecule has 6 nitrogen and oxygen atoms in total. The van der Waals surface area contributed by atoms with Crippen LogP contribution in [0.25, 0.3) is 0 Å². The van der Waals surface area contributed by atoms with Crippen LogP contribution in [0.4, 0.5) is 0 Å². The van der Waals surface area contributed by atoms with Gasteiger partial charge in [-0.25, -0.2) is 0 Å². The van der Waals surface area contributed by atoms with Gasteiger partial charge in [-0.05, 0) is 32.1 Å². The summed E-state index contributed by atoms with van der Waals surface area (Å²) in [4.78, 5) is 26.1. The van der Waals surface area contributed by atoms with Gasteiger partial charge in [-0.2, -0.15) is 0 Å². The summed E-state index contributed by atoms with van der Waals surface area (Å²) in [5.41, 5.74) is 0. The summed E-state index contributed by atoms with van der Waals surface area (Å²) in [7, 11) is 0. The molecule has 0 aromatic carbocycles. The SMILES string of the molecule is CCCNC(=O)CSc1nnc(SCC(=O)N2CCCCC2CC)s1. The van der Waals surface area contributed by atoms with Crippen molar-refractivity contribution in [1.29, 1.82) is 0 Å². The quantitative estimate of drug-likeness (QED) is 0.640. The molecule has 25 heavy (non-hydrogen) atoms. The van der Waals surface area contributed by atoms with Crippen molar-refractivity contribution in [3.05, 3.63) is 0 Å². The Morgan fingerprint density at radius 1 is 1.20 bits per heavy atom. The summed E-state index contributed by atoms with van der Waals surface area (Å²) in [6.45, 7) is 5.75. The van der Waals surface area contributed by atoms with Gasteiger partial charge in [0.1, 0.15) is 0 Å². The first-order chi connectivity index (χ1) is 12.1. The Bertz CT molecular complexity index is 567. The summed E-state index contributed by atoms with van der Waals surface area (Å²) < 4.78 is 1.56. The van der Waals surface area contributed by atoms with Crippen molar-refractivity contribution < 1.29 is 9.59 Å². The van der Waals surface area contributed by atoms with Gasteiger partial charge in [-0.3, -0.25) is 9.59 Å². The summed E-state index contributed by atoms with van der Waals surface area (Å²) >= 11 is 4.28. The van der Waals surface area contributed by atoms with Crippen LogP contribution in [0.5, 0.6) is 0 Å². The number of aromatic nitrogens is 2. The van der Waals surface area contributed by atoms with Gasteiger partial charge in [-0.1, -0.05) is 48.7 Å². The minimum absolute atomic E-state index is 0.0159. The zero-order valence-corrected chi connectivity index (χ0v) is 17.3. The molecule has 2 amide bonds. The first-order valence-corrected chi connectivity index (χ1v) is 11.6. The fourth-order valence-electron chi connectivity index (χ4n) is 2.72. The topological polar surface area (TPSA) is 75.2 Å². The number of carbonyl (C=O) groups excluding carboxylic acids is 2. The number of hydrogen-bond acceptors (Lipinski definition) is 7. The smallest absolute Gasteiger partial charge is 0.233 e. The van der Waals surface area contributed by atoms with E-state index in [1.165, 1.54) is 41.3 Å². The molecular weight excluding hydrogens is 376 g/mol. The third-order valence-corrected chi connectivity index (χ3v) is 7.20. The summed E-state index contributed by atoms with van der Waals surface area (Å²) in [5.74, 6) is 0.971. The molecule has 0 radical (unpaired) electrons. The molecule has 2 rings (SSSR count). The molecule has 1 aromatic rings. The van der Waals surface area contributed by atoms with Crippen LogP contribution in [0, 0.1) is 0 Å². The number of piperidine rings is 1. The fourth-order valence-corrected chi connectivity index (χ4v) is 5.45. The van der Waals surface area contributed by atoms with Crippen LogP contribution in [0.15, 0.2) is 8.68 Å². The molecule has 0 bridgehead atoms. The Morgan fingerprint density at radius 3 is 2.60 bits per heavy atom. The van der Waals surface area contributed by atoms with E-state index in [0.717, 1.165) is 40.9 Å². The fraction of sp³-hybridized carbons (Fsp3) is 0.750. The van der Waals surface area contributed by atoms with Crippen molar-refractivity contribution in [2.75, 3.05) is 24.6 Å². The third kappa shape index (κ3) is 6.79. The zero-order valence-electron chi connectivity index (χ0n) is 14.8. The Labute approximate surface area is 161 Å². The molecular formula is C16H26N4O2S3. The van der Waals surface area contributed by atoms with Crippen molar-refractivity contribution in [1.82, 2.24) is 20.4 Å². The molecule has 1 N–H and O–H groups in total. The van der Waals surface area contributed by atoms with Gasteiger partial charge < -0.3 is 10.2 Å². The average Bonchev–Trinajstić information content (AvgIpc) is 3.10. The number of hydrogen-bond donors (Lipinski definition) is 1. The second kappa shape index (κ2) is 11.0. The van der Waals surface area contributed by atoms with E-state index < -0.39 is 0 Å². The Kier molecular flexibility index (Phi) is 9.05. The van der Waals surface area contributed by atoms with Crippen molar-refractivity contribution in [3.8, 4) is 0 Å². The monoisotopic (exact) mass is 402 g/mol. The molecule has 0 saturated carbocycles. The molecule has 1 fully saturated rings. The highest BCUT2D eigenvalue weighted by atomic mass is 32.2. The highest BCUT2D eigenvalue weighted by molar-refractivity contribution is 8.03. The van der Waals surface area contributed by atoms with Crippen LogP contribution >= 0.6 is 34.9 Å². The predicted molar refractivity (Wildman–Crippen MR) is 104 cm³/mol. The van der Waals surface area contributed by atoms with Gasteiger partial charge in [0, 0.05) is 19.1 Å². The maximum atomic E-state index is 12.5. The molecule has 1 aromatic heterocycles. The first kappa shape index (κ1) is 20.5. The van der Waals surface area contributed by atoms with E-state index in [1.807, 2.05) is 11.8 Å². The van der Waals surface area contributed by atoms with E-state index in [9.17, 15) is 9.59 Å². The van der Waals surface area contributed by atoms with Gasteiger partial charge in [0.15, 0.2) is 8.68 Å². The van der Waals surface area contributed by atoms with Crippen molar-refractivity contribution in [3.63, 3.8) is 0 Å². The summed E-state index contributed by atoms with van der Waals surface area (Å²) in [5, 5.41) is 11.1. The van der Waals surface area contributed by atoms with E-state index >= 15 is 0 Å². The molecule has 1 aliphatic rings. The average molecular weight is 403 g/mol. The van der Waals surface area contributed by atoms with Crippen molar-refractivity contribution in [2.24, 2.45) is 0 Å².